The van der Waals surface area contributed by atoms with Gasteiger partial charge in [-0.3, -0.25) is 0 Å². The predicted octanol–water partition coefficient (Wildman–Crippen LogP) is 3.68. The number of hydrogen-bond acceptors (Lipinski definition) is 3. The number of methoxy groups -OCH3 is 1. The summed E-state index contributed by atoms with van der Waals surface area (Å²) in [6.07, 6.45) is 5.04. The molecule has 0 saturated heterocycles. The van der Waals surface area contributed by atoms with Crippen molar-refractivity contribution in [2.24, 2.45) is 5.73 Å². The van der Waals surface area contributed by atoms with Crippen LogP contribution in [0, 0.1) is 0 Å². The van der Waals surface area contributed by atoms with Crippen LogP contribution in [-0.2, 0) is 12.8 Å². The molecule has 0 radical (unpaired) electrons. The second-order valence-corrected chi connectivity index (χ2v) is 6.04. The Balaban J connectivity index is 1.88. The minimum absolute atomic E-state index is 0.0406. The van der Waals surface area contributed by atoms with Gasteiger partial charge >= 0.3 is 0 Å². The molecule has 0 bridgehead atoms. The smallest absolute Gasteiger partial charge is 0.129 e. The van der Waals surface area contributed by atoms with Crippen LogP contribution in [0.2, 0.25) is 0 Å². The summed E-state index contributed by atoms with van der Waals surface area (Å²) in [4.78, 5) is 1.16. The average molecular weight is 273 g/mol. The van der Waals surface area contributed by atoms with E-state index in [1.54, 1.807) is 18.4 Å². The van der Waals surface area contributed by atoms with E-state index in [-0.39, 0.29) is 6.04 Å². The summed E-state index contributed by atoms with van der Waals surface area (Å²) in [5, 5.41) is 2.01. The number of nitrogens with two attached hydrogens (primary N) is 1. The van der Waals surface area contributed by atoms with Crippen molar-refractivity contribution in [1.29, 1.82) is 0 Å². The number of aryl methyl sites for hydroxylation is 2. The minimum atomic E-state index is -0.0406. The molecule has 0 amide bonds. The number of fused-ring (bicyclic) bond motifs is 1. The Morgan fingerprint density at radius 2 is 1.95 bits per heavy atom. The van der Waals surface area contributed by atoms with Crippen LogP contribution in [0.5, 0.6) is 5.75 Å². The zero-order valence-corrected chi connectivity index (χ0v) is 12.0. The van der Waals surface area contributed by atoms with Crippen LogP contribution in [-0.4, -0.2) is 7.11 Å². The first-order valence-corrected chi connectivity index (χ1v) is 7.65. The molecule has 1 aliphatic carbocycles. The van der Waals surface area contributed by atoms with Crippen molar-refractivity contribution >= 4 is 11.3 Å². The summed E-state index contributed by atoms with van der Waals surface area (Å²) in [6, 6.07) is 8.73. The SMILES string of the molecule is COc1csc(C(N)c2ccc3c(c2)CCCC3)c1. The Hall–Kier alpha value is -1.32. The monoisotopic (exact) mass is 273 g/mol. The van der Waals surface area contributed by atoms with Crippen LogP contribution in [0.4, 0.5) is 0 Å². The van der Waals surface area contributed by atoms with Crippen LogP contribution in [0.3, 0.4) is 0 Å². The van der Waals surface area contributed by atoms with Gasteiger partial charge in [0.1, 0.15) is 5.75 Å². The highest BCUT2D eigenvalue weighted by Gasteiger charge is 2.15. The average Bonchev–Trinajstić information content (AvgIpc) is 2.95. The molecule has 0 fully saturated rings. The molecular weight excluding hydrogens is 254 g/mol. The molecule has 1 heterocycles. The van der Waals surface area contributed by atoms with E-state index in [4.69, 9.17) is 10.5 Å². The van der Waals surface area contributed by atoms with Gasteiger partial charge < -0.3 is 10.5 Å². The van der Waals surface area contributed by atoms with Crippen molar-refractivity contribution < 1.29 is 4.74 Å². The molecule has 1 atom stereocenters. The summed E-state index contributed by atoms with van der Waals surface area (Å²) in [6.45, 7) is 0. The number of thiophene rings is 1. The maximum atomic E-state index is 6.37. The Labute approximate surface area is 118 Å². The zero-order valence-electron chi connectivity index (χ0n) is 11.2. The van der Waals surface area contributed by atoms with Gasteiger partial charge in [0.25, 0.3) is 0 Å². The van der Waals surface area contributed by atoms with E-state index in [1.807, 2.05) is 11.4 Å². The van der Waals surface area contributed by atoms with Gasteiger partial charge in [0.15, 0.2) is 0 Å². The van der Waals surface area contributed by atoms with Crippen LogP contribution in [0.1, 0.15) is 40.5 Å². The van der Waals surface area contributed by atoms with Gasteiger partial charge in [0, 0.05) is 10.3 Å². The lowest BCUT2D eigenvalue weighted by atomic mass is 9.89. The third kappa shape index (κ3) is 2.53. The third-order valence-electron chi connectivity index (χ3n) is 3.87. The van der Waals surface area contributed by atoms with E-state index in [0.29, 0.717) is 0 Å². The fourth-order valence-electron chi connectivity index (χ4n) is 2.72. The fourth-order valence-corrected chi connectivity index (χ4v) is 3.60. The lowest BCUT2D eigenvalue weighted by Gasteiger charge is -2.18. The minimum Gasteiger partial charge on any atom is -0.496 e. The number of ether oxygens (including phenoxy) is 1. The first kappa shape index (κ1) is 12.7. The van der Waals surface area contributed by atoms with Crippen LogP contribution < -0.4 is 10.5 Å². The van der Waals surface area contributed by atoms with Gasteiger partial charge in [-0.2, -0.15) is 0 Å². The molecule has 0 aliphatic heterocycles. The van der Waals surface area contributed by atoms with E-state index in [0.717, 1.165) is 10.6 Å². The normalized spacial score (nSPS) is 15.9. The molecule has 1 unspecified atom stereocenters. The Kier molecular flexibility index (Phi) is 3.58. The first-order valence-electron chi connectivity index (χ1n) is 6.77. The molecule has 19 heavy (non-hydrogen) atoms. The molecule has 2 nitrogen and oxygen atoms in total. The highest BCUT2D eigenvalue weighted by atomic mass is 32.1. The Morgan fingerprint density at radius 3 is 2.68 bits per heavy atom. The van der Waals surface area contributed by atoms with Gasteiger partial charge in [-0.05, 0) is 48.4 Å². The van der Waals surface area contributed by atoms with Crippen LogP contribution >= 0.6 is 11.3 Å². The molecule has 100 valence electrons. The molecule has 0 spiro atoms. The maximum absolute atomic E-state index is 6.37. The lowest BCUT2D eigenvalue weighted by Crippen LogP contribution is -2.12. The van der Waals surface area contributed by atoms with Crippen LogP contribution in [0.25, 0.3) is 0 Å². The van der Waals surface area contributed by atoms with E-state index in [9.17, 15) is 0 Å². The molecule has 3 heteroatoms. The highest BCUT2D eigenvalue weighted by molar-refractivity contribution is 7.10. The van der Waals surface area contributed by atoms with Gasteiger partial charge in [-0.15, -0.1) is 11.3 Å². The zero-order chi connectivity index (χ0) is 13.2. The molecule has 1 aromatic heterocycles. The summed E-state index contributed by atoms with van der Waals surface area (Å²) in [5.74, 6) is 0.897. The lowest BCUT2D eigenvalue weighted by molar-refractivity contribution is 0.416. The van der Waals surface area contributed by atoms with Gasteiger partial charge in [0.05, 0.1) is 13.2 Å². The number of benzene rings is 1. The molecule has 1 aliphatic rings. The molecule has 3 rings (SSSR count). The van der Waals surface area contributed by atoms with Crippen molar-refractivity contribution in [2.75, 3.05) is 7.11 Å². The van der Waals surface area contributed by atoms with E-state index in [1.165, 1.54) is 42.4 Å². The molecule has 1 aromatic carbocycles. The fraction of sp³-hybridized carbons (Fsp3) is 0.375. The summed E-state index contributed by atoms with van der Waals surface area (Å²) in [7, 11) is 1.69. The highest BCUT2D eigenvalue weighted by Crippen LogP contribution is 2.31. The summed E-state index contributed by atoms with van der Waals surface area (Å²) < 4.78 is 5.23. The first-order chi connectivity index (χ1) is 9.28. The quantitative estimate of drug-likeness (QED) is 0.925. The molecule has 2 aromatic rings. The van der Waals surface area contributed by atoms with E-state index in [2.05, 4.69) is 18.2 Å². The van der Waals surface area contributed by atoms with Crippen molar-refractivity contribution in [2.45, 2.75) is 31.7 Å². The topological polar surface area (TPSA) is 35.2 Å². The van der Waals surface area contributed by atoms with Gasteiger partial charge in [-0.25, -0.2) is 0 Å². The van der Waals surface area contributed by atoms with Crippen molar-refractivity contribution in [3.63, 3.8) is 0 Å². The van der Waals surface area contributed by atoms with E-state index < -0.39 is 0 Å². The van der Waals surface area contributed by atoms with Crippen molar-refractivity contribution in [1.82, 2.24) is 0 Å². The molecule has 0 saturated carbocycles. The number of hydrogen-bond donors (Lipinski definition) is 1. The summed E-state index contributed by atoms with van der Waals surface area (Å²) in [5.41, 5.74) is 10.6. The van der Waals surface area contributed by atoms with Gasteiger partial charge in [0.2, 0.25) is 0 Å². The van der Waals surface area contributed by atoms with Crippen molar-refractivity contribution in [3.05, 3.63) is 51.2 Å². The second-order valence-electron chi connectivity index (χ2n) is 5.10. The number of rotatable bonds is 3. The Morgan fingerprint density at radius 1 is 1.16 bits per heavy atom. The van der Waals surface area contributed by atoms with Crippen LogP contribution in [0.15, 0.2) is 29.6 Å². The molecular formula is C16H19NOS. The third-order valence-corrected chi connectivity index (χ3v) is 4.86. The Bertz CT molecular complexity index is 576. The van der Waals surface area contributed by atoms with E-state index >= 15 is 0 Å². The van der Waals surface area contributed by atoms with Crippen molar-refractivity contribution in [3.8, 4) is 5.75 Å². The van der Waals surface area contributed by atoms with Gasteiger partial charge in [-0.1, -0.05) is 18.2 Å². The largest absolute Gasteiger partial charge is 0.496 e. The molecule has 2 N–H and O–H groups in total. The second kappa shape index (κ2) is 5.35. The summed E-state index contributed by atoms with van der Waals surface area (Å²) >= 11 is 1.66. The predicted molar refractivity (Wildman–Crippen MR) is 80.0 cm³/mol. The maximum Gasteiger partial charge on any atom is 0.129 e. The standard InChI is InChI=1S/C16H19NOS/c1-18-14-9-15(19-10-14)16(17)13-7-6-11-4-2-3-5-12(11)8-13/h6-10,16H,2-5,17H2,1H3.